The zero-order valence-electron chi connectivity index (χ0n) is 13.8. The van der Waals surface area contributed by atoms with Crippen LogP contribution in [0.1, 0.15) is 43.0 Å². The minimum atomic E-state index is -0.352. The zero-order valence-corrected chi connectivity index (χ0v) is 13.8. The summed E-state index contributed by atoms with van der Waals surface area (Å²) in [5.41, 5.74) is 3.12. The molecule has 7 nitrogen and oxygen atoms in total. The second-order valence-corrected chi connectivity index (χ2v) is 6.06. The number of hydrogen-bond donors (Lipinski definition) is 1. The Labute approximate surface area is 141 Å². The molecular formula is C17H22N4O3. The van der Waals surface area contributed by atoms with Gasteiger partial charge in [-0.15, -0.1) is 0 Å². The van der Waals surface area contributed by atoms with Crippen molar-refractivity contribution >= 4 is 17.8 Å². The van der Waals surface area contributed by atoms with Gasteiger partial charge >= 0.3 is 6.03 Å². The largest absolute Gasteiger partial charge is 0.357 e. The fourth-order valence-electron chi connectivity index (χ4n) is 3.22. The Balaban J connectivity index is 1.80. The molecular weight excluding hydrogens is 308 g/mol. The quantitative estimate of drug-likeness (QED) is 0.918. The van der Waals surface area contributed by atoms with Gasteiger partial charge in [0.05, 0.1) is 12.6 Å². The molecule has 3 rings (SSSR count). The minimum absolute atomic E-state index is 0.00979. The van der Waals surface area contributed by atoms with Gasteiger partial charge in [0.1, 0.15) is 0 Å². The summed E-state index contributed by atoms with van der Waals surface area (Å²) in [7, 11) is 0. The molecule has 1 aromatic carbocycles. The van der Waals surface area contributed by atoms with E-state index in [1.165, 1.54) is 10.0 Å². The highest BCUT2D eigenvalue weighted by Crippen LogP contribution is 2.24. The summed E-state index contributed by atoms with van der Waals surface area (Å²) in [5.74, 6) is -0.423. The number of nitrogens with one attached hydrogen (secondary N) is 1. The third-order valence-electron chi connectivity index (χ3n) is 4.52. The molecule has 1 aromatic rings. The Morgan fingerprint density at radius 2 is 1.96 bits per heavy atom. The van der Waals surface area contributed by atoms with Gasteiger partial charge < -0.3 is 0 Å². The highest BCUT2D eigenvalue weighted by Gasteiger charge is 2.40. The molecule has 4 amide bonds. The van der Waals surface area contributed by atoms with Crippen molar-refractivity contribution in [2.24, 2.45) is 0 Å². The number of hydrogen-bond acceptors (Lipinski definition) is 3. The van der Waals surface area contributed by atoms with Crippen LogP contribution >= 0.6 is 0 Å². The predicted molar refractivity (Wildman–Crippen MR) is 87.5 cm³/mol. The second-order valence-electron chi connectivity index (χ2n) is 6.06. The monoisotopic (exact) mass is 330 g/mol. The van der Waals surface area contributed by atoms with E-state index in [4.69, 9.17) is 0 Å². The number of nitrogens with zero attached hydrogens (tertiary/aromatic N) is 3. The molecule has 7 heteroatoms. The molecule has 1 atom stereocenters. The van der Waals surface area contributed by atoms with Crippen LogP contribution in [-0.4, -0.2) is 52.0 Å². The first-order valence-corrected chi connectivity index (χ1v) is 8.39. The number of urea groups is 1. The van der Waals surface area contributed by atoms with Gasteiger partial charge in [0.25, 0.3) is 5.91 Å². The molecule has 0 bridgehead atoms. The lowest BCUT2D eigenvalue weighted by Gasteiger charge is -2.43. The van der Waals surface area contributed by atoms with Crippen molar-refractivity contribution < 1.29 is 14.4 Å². The average molecular weight is 330 g/mol. The van der Waals surface area contributed by atoms with Gasteiger partial charge in [-0.3, -0.25) is 15.0 Å². The maximum Gasteiger partial charge on any atom is 0.357 e. The number of amides is 4. The van der Waals surface area contributed by atoms with Crippen molar-refractivity contribution in [2.75, 3.05) is 13.1 Å². The molecule has 128 valence electrons. The maximum atomic E-state index is 12.9. The molecule has 0 radical (unpaired) electrons. The van der Waals surface area contributed by atoms with Crippen molar-refractivity contribution in [2.45, 2.75) is 38.6 Å². The molecule has 2 saturated heterocycles. The zero-order chi connectivity index (χ0) is 17.1. The van der Waals surface area contributed by atoms with E-state index in [0.29, 0.717) is 12.1 Å². The standard InChI is InChI=1S/C17H22N4O3/c1-2-14-9-6-11-20-15(22)10-12-19(17(24)21(14)20)18-16(23)13-7-4-3-5-8-13/h3-5,7-8,14H,2,6,9-12H2,1H3,(H,18,23). The first-order valence-electron chi connectivity index (χ1n) is 8.39. The van der Waals surface area contributed by atoms with Crippen LogP contribution in [0.5, 0.6) is 0 Å². The third kappa shape index (κ3) is 3.06. The highest BCUT2D eigenvalue weighted by atomic mass is 16.2. The van der Waals surface area contributed by atoms with E-state index in [-0.39, 0.29) is 36.9 Å². The van der Waals surface area contributed by atoms with Crippen LogP contribution in [0.3, 0.4) is 0 Å². The smallest absolute Gasteiger partial charge is 0.273 e. The summed E-state index contributed by atoms with van der Waals surface area (Å²) in [5, 5.41) is 4.35. The highest BCUT2D eigenvalue weighted by molar-refractivity contribution is 5.95. The van der Waals surface area contributed by atoms with Gasteiger partial charge in [0, 0.05) is 18.5 Å². The van der Waals surface area contributed by atoms with Crippen LogP contribution in [0, 0.1) is 0 Å². The molecule has 1 unspecified atom stereocenters. The van der Waals surface area contributed by atoms with Crippen molar-refractivity contribution in [3.63, 3.8) is 0 Å². The van der Waals surface area contributed by atoms with Crippen molar-refractivity contribution in [1.29, 1.82) is 0 Å². The van der Waals surface area contributed by atoms with Gasteiger partial charge in [0.15, 0.2) is 0 Å². The molecule has 2 heterocycles. The molecule has 2 aliphatic heterocycles. The van der Waals surface area contributed by atoms with E-state index in [2.05, 4.69) is 5.43 Å². The number of hydrazine groups is 2. The summed E-state index contributed by atoms with van der Waals surface area (Å²) in [4.78, 5) is 37.6. The Bertz CT molecular complexity index is 634. The third-order valence-corrected chi connectivity index (χ3v) is 4.52. The van der Waals surface area contributed by atoms with Crippen molar-refractivity contribution in [1.82, 2.24) is 20.5 Å². The summed E-state index contributed by atoms with van der Waals surface area (Å²) < 4.78 is 0. The van der Waals surface area contributed by atoms with Gasteiger partial charge in [0.2, 0.25) is 5.91 Å². The second kappa shape index (κ2) is 6.90. The van der Waals surface area contributed by atoms with Crippen LogP contribution in [0.2, 0.25) is 0 Å². The van der Waals surface area contributed by atoms with E-state index in [0.717, 1.165) is 19.3 Å². The molecule has 0 spiro atoms. The number of benzene rings is 1. The number of fused-ring (bicyclic) bond motifs is 1. The molecule has 0 aliphatic carbocycles. The van der Waals surface area contributed by atoms with E-state index >= 15 is 0 Å². The number of carbonyl (C=O) groups is 3. The molecule has 0 aromatic heterocycles. The Kier molecular flexibility index (Phi) is 4.69. The average Bonchev–Trinajstić information content (AvgIpc) is 2.74. The Morgan fingerprint density at radius 1 is 1.21 bits per heavy atom. The van der Waals surface area contributed by atoms with E-state index < -0.39 is 0 Å². The molecule has 24 heavy (non-hydrogen) atoms. The topological polar surface area (TPSA) is 73.0 Å². The Morgan fingerprint density at radius 3 is 2.67 bits per heavy atom. The lowest BCUT2D eigenvalue weighted by Crippen LogP contribution is -2.60. The summed E-state index contributed by atoms with van der Waals surface area (Å²) in [6.45, 7) is 2.74. The normalized spacial score (nSPS) is 21.4. The number of carbonyl (C=O) groups excluding carboxylic acids is 3. The Hall–Kier alpha value is -2.57. The first kappa shape index (κ1) is 16.3. The first-order chi connectivity index (χ1) is 11.6. The van der Waals surface area contributed by atoms with Gasteiger partial charge in [-0.05, 0) is 31.4 Å². The van der Waals surface area contributed by atoms with E-state index in [9.17, 15) is 14.4 Å². The summed E-state index contributed by atoms with van der Waals surface area (Å²) >= 11 is 0. The molecule has 0 saturated carbocycles. The fourth-order valence-corrected chi connectivity index (χ4v) is 3.22. The number of rotatable bonds is 3. The van der Waals surface area contributed by atoms with E-state index in [1.54, 1.807) is 29.3 Å². The summed E-state index contributed by atoms with van der Waals surface area (Å²) in [6, 6.07) is 8.38. The van der Waals surface area contributed by atoms with E-state index in [1.807, 2.05) is 13.0 Å². The predicted octanol–water partition coefficient (Wildman–Crippen LogP) is 1.78. The molecule has 1 N–H and O–H groups in total. The van der Waals surface area contributed by atoms with Crippen LogP contribution in [0.25, 0.3) is 0 Å². The van der Waals surface area contributed by atoms with Crippen molar-refractivity contribution in [3.8, 4) is 0 Å². The van der Waals surface area contributed by atoms with Crippen LogP contribution in [-0.2, 0) is 4.79 Å². The van der Waals surface area contributed by atoms with Gasteiger partial charge in [-0.25, -0.2) is 19.8 Å². The van der Waals surface area contributed by atoms with Gasteiger partial charge in [-0.2, -0.15) is 0 Å². The van der Waals surface area contributed by atoms with Crippen LogP contribution in [0.15, 0.2) is 30.3 Å². The fraction of sp³-hybridized carbons (Fsp3) is 0.471. The lowest BCUT2D eigenvalue weighted by atomic mass is 10.1. The SMILES string of the molecule is CCC1CCCN2C(=O)CCN(NC(=O)c3ccccc3)C(=O)N12. The minimum Gasteiger partial charge on any atom is -0.273 e. The van der Waals surface area contributed by atoms with Crippen LogP contribution in [0.4, 0.5) is 4.79 Å². The van der Waals surface area contributed by atoms with Crippen molar-refractivity contribution in [3.05, 3.63) is 35.9 Å². The molecule has 2 aliphatic rings. The maximum absolute atomic E-state index is 12.9. The lowest BCUT2D eigenvalue weighted by molar-refractivity contribution is -0.150. The van der Waals surface area contributed by atoms with Crippen LogP contribution < -0.4 is 5.43 Å². The molecule has 2 fully saturated rings. The summed E-state index contributed by atoms with van der Waals surface area (Å²) in [6.07, 6.45) is 2.74. The van der Waals surface area contributed by atoms with Gasteiger partial charge in [-0.1, -0.05) is 25.1 Å².